The lowest BCUT2D eigenvalue weighted by Crippen LogP contribution is -2.28. The minimum absolute atomic E-state index is 0.447. The Kier molecular flexibility index (Phi) is 11.0. The van der Waals surface area contributed by atoms with E-state index in [9.17, 15) is 0 Å². The van der Waals surface area contributed by atoms with Crippen molar-refractivity contribution in [2.45, 2.75) is 10.8 Å². The molecule has 90 heavy (non-hydrogen) atoms. The maximum absolute atomic E-state index is 6.56. The van der Waals surface area contributed by atoms with Gasteiger partial charge in [-0.2, -0.15) is 0 Å². The van der Waals surface area contributed by atoms with Crippen LogP contribution in [0.25, 0.3) is 120 Å². The molecule has 18 aromatic rings. The molecule has 0 saturated heterocycles. The number of rotatable bonds is 6. The van der Waals surface area contributed by atoms with Gasteiger partial charge in [-0.15, -0.1) is 11.3 Å². The molecule has 5 nitrogen and oxygen atoms in total. The maximum Gasteiger partial charge on any atom is 0.159 e. The summed E-state index contributed by atoms with van der Waals surface area (Å²) in [4.78, 5) is 10.0. The number of thiophene rings is 1. The molecule has 6 heteroatoms. The standard InChI is InChI=1S/C42H26N2O.C42H26N2S/c2*1-3-13-27(14-4-1)42(28-15-5-2-6-16-28)34-20-9-7-17-29(34)32-26-38-33(25-35(32)42)40-36(22-12-24-43-40)44(38)37-21-11-19-31-30-18-8-10-23-39(30)45-41(31)37/h2*1-26H. The molecule has 0 aliphatic heterocycles. The van der Waals surface area contributed by atoms with Crippen LogP contribution in [0.15, 0.2) is 320 Å². The molecule has 0 bridgehead atoms. The maximum atomic E-state index is 6.56. The lowest BCUT2D eigenvalue weighted by atomic mass is 9.67. The molecule has 0 fully saturated rings. The van der Waals surface area contributed by atoms with Crippen LogP contribution in [0, 0.1) is 0 Å². The zero-order chi connectivity index (χ0) is 59.1. The van der Waals surface area contributed by atoms with Gasteiger partial charge in [-0.3, -0.25) is 9.97 Å². The lowest BCUT2D eigenvalue weighted by molar-refractivity contribution is 0.666. The van der Waals surface area contributed by atoms with Crippen molar-refractivity contribution in [3.05, 3.63) is 360 Å². The number of hydrogen-bond acceptors (Lipinski definition) is 4. The van der Waals surface area contributed by atoms with Gasteiger partial charge in [0.05, 0.1) is 60.0 Å². The molecule has 12 aromatic carbocycles. The molecular weight excluding hydrogens is 1110 g/mol. The van der Waals surface area contributed by atoms with E-state index in [2.05, 4.69) is 294 Å². The highest BCUT2D eigenvalue weighted by atomic mass is 32.1. The fraction of sp³-hybridized carbons (Fsp3) is 0.0238. The third kappa shape index (κ3) is 6.96. The molecule has 0 N–H and O–H groups in total. The quantitative estimate of drug-likeness (QED) is 0.167. The second kappa shape index (κ2) is 19.5. The fourth-order valence-corrected chi connectivity index (χ4v) is 17.1. The molecule has 0 amide bonds. The first-order valence-electron chi connectivity index (χ1n) is 30.8. The summed E-state index contributed by atoms with van der Waals surface area (Å²) in [6.07, 6.45) is 3.83. The topological polar surface area (TPSA) is 48.8 Å². The molecule has 2 aliphatic carbocycles. The van der Waals surface area contributed by atoms with Crippen LogP contribution in [-0.2, 0) is 10.8 Å². The van der Waals surface area contributed by atoms with Crippen LogP contribution in [0.4, 0.5) is 0 Å². The van der Waals surface area contributed by atoms with E-state index in [0.717, 1.165) is 60.6 Å². The zero-order valence-electron chi connectivity index (χ0n) is 48.6. The molecular formula is C84H52N4OS. The van der Waals surface area contributed by atoms with E-state index in [4.69, 9.17) is 14.4 Å². The summed E-state index contributed by atoms with van der Waals surface area (Å²) in [7, 11) is 0. The molecule has 0 saturated carbocycles. The van der Waals surface area contributed by atoms with Gasteiger partial charge in [0.1, 0.15) is 5.58 Å². The first-order chi connectivity index (χ1) is 44.7. The van der Waals surface area contributed by atoms with E-state index in [1.807, 2.05) is 41.9 Å². The number of nitrogens with zero attached hydrogens (tertiary/aromatic N) is 4. The van der Waals surface area contributed by atoms with Crippen LogP contribution >= 0.6 is 11.3 Å². The van der Waals surface area contributed by atoms with Gasteiger partial charge in [-0.25, -0.2) is 0 Å². The van der Waals surface area contributed by atoms with Crippen LogP contribution in [-0.4, -0.2) is 19.1 Å². The number of aromatic nitrogens is 4. The molecule has 0 spiro atoms. The van der Waals surface area contributed by atoms with E-state index >= 15 is 0 Å². The van der Waals surface area contributed by atoms with Gasteiger partial charge in [-0.05, 0) is 140 Å². The second-order valence-corrected chi connectivity index (χ2v) is 24.9. The number of fused-ring (bicyclic) bond motifs is 18. The zero-order valence-corrected chi connectivity index (χ0v) is 49.4. The Bertz CT molecular complexity index is 5470. The number of benzene rings is 12. The van der Waals surface area contributed by atoms with Crippen molar-refractivity contribution in [3.8, 4) is 33.6 Å². The molecule has 0 unspecified atom stereocenters. The van der Waals surface area contributed by atoms with Gasteiger partial charge in [-0.1, -0.05) is 231 Å². The molecule has 6 aromatic heterocycles. The molecule has 20 rings (SSSR count). The van der Waals surface area contributed by atoms with E-state index in [-0.39, 0.29) is 0 Å². The normalized spacial score (nSPS) is 13.5. The van der Waals surface area contributed by atoms with Crippen molar-refractivity contribution in [2.24, 2.45) is 0 Å². The van der Waals surface area contributed by atoms with Gasteiger partial charge in [0.15, 0.2) is 5.58 Å². The molecule has 2 aliphatic rings. The smallest absolute Gasteiger partial charge is 0.159 e. The average Bonchev–Trinajstić information content (AvgIpc) is 1.54. The monoisotopic (exact) mass is 1160 g/mol. The van der Waals surface area contributed by atoms with E-state index in [1.165, 1.54) is 104 Å². The van der Waals surface area contributed by atoms with E-state index in [0.29, 0.717) is 0 Å². The Morgan fingerprint density at radius 2 is 0.733 bits per heavy atom. The summed E-state index contributed by atoms with van der Waals surface area (Å²) in [6.45, 7) is 0. The first-order valence-corrected chi connectivity index (χ1v) is 31.6. The predicted octanol–water partition coefficient (Wildman–Crippen LogP) is 21.4. The SMILES string of the molecule is c1ccc(C2(c3ccccc3)c3ccccc3-c3cc4c(cc32)c2ncccc2n4-c2cccc3c2oc2ccccc23)cc1.c1ccc(C2(c3ccccc3)c3ccccc3-c3cc4c(cc32)c2ncccc2n4-c2cccc3c2sc2ccccc23)cc1. The average molecular weight is 1170 g/mol. The van der Waals surface area contributed by atoms with Gasteiger partial charge in [0.25, 0.3) is 0 Å². The van der Waals surface area contributed by atoms with Gasteiger partial charge < -0.3 is 13.6 Å². The molecule has 6 heterocycles. The van der Waals surface area contributed by atoms with Crippen molar-refractivity contribution in [1.82, 2.24) is 19.1 Å². The van der Waals surface area contributed by atoms with Crippen LogP contribution in [0.1, 0.15) is 44.5 Å². The Balaban J connectivity index is 0.000000130. The summed E-state index contributed by atoms with van der Waals surface area (Å²) >= 11 is 1.87. The summed E-state index contributed by atoms with van der Waals surface area (Å²) in [5, 5.41) is 7.14. The number of hydrogen-bond donors (Lipinski definition) is 0. The molecule has 0 atom stereocenters. The minimum atomic E-state index is -0.468. The van der Waals surface area contributed by atoms with Crippen molar-refractivity contribution in [1.29, 1.82) is 0 Å². The highest BCUT2D eigenvalue weighted by Gasteiger charge is 2.48. The Morgan fingerprint density at radius 3 is 1.28 bits per heavy atom. The molecule has 420 valence electrons. The summed E-state index contributed by atoms with van der Waals surface area (Å²) < 4.78 is 14.0. The van der Waals surface area contributed by atoms with Gasteiger partial charge >= 0.3 is 0 Å². The van der Waals surface area contributed by atoms with Crippen molar-refractivity contribution < 1.29 is 4.42 Å². The third-order valence-corrected chi connectivity index (χ3v) is 20.7. The summed E-state index contributed by atoms with van der Waals surface area (Å²) in [6, 6.07) is 110. The summed E-state index contributed by atoms with van der Waals surface area (Å²) in [5.74, 6) is 0. The summed E-state index contributed by atoms with van der Waals surface area (Å²) in [5.41, 5.74) is 24.9. The van der Waals surface area contributed by atoms with Crippen molar-refractivity contribution >= 4 is 97.3 Å². The third-order valence-electron chi connectivity index (χ3n) is 19.4. The van der Waals surface area contributed by atoms with Crippen LogP contribution in [0.3, 0.4) is 0 Å². The fourth-order valence-electron chi connectivity index (χ4n) is 15.9. The number of para-hydroxylation sites is 2. The van der Waals surface area contributed by atoms with E-state index < -0.39 is 10.8 Å². The highest BCUT2D eigenvalue weighted by molar-refractivity contribution is 7.26. The minimum Gasteiger partial charge on any atom is -0.454 e. The van der Waals surface area contributed by atoms with Crippen LogP contribution < -0.4 is 0 Å². The number of pyridine rings is 2. The first kappa shape index (κ1) is 50.7. The van der Waals surface area contributed by atoms with Crippen molar-refractivity contribution in [3.63, 3.8) is 0 Å². The van der Waals surface area contributed by atoms with Gasteiger partial charge in [0, 0.05) is 49.4 Å². The predicted molar refractivity (Wildman–Crippen MR) is 372 cm³/mol. The largest absolute Gasteiger partial charge is 0.454 e. The van der Waals surface area contributed by atoms with Crippen LogP contribution in [0.2, 0.25) is 0 Å². The Hall–Kier alpha value is -11.4. The van der Waals surface area contributed by atoms with Gasteiger partial charge in [0.2, 0.25) is 0 Å². The number of furan rings is 1. The van der Waals surface area contributed by atoms with Crippen LogP contribution in [0.5, 0.6) is 0 Å². The second-order valence-electron chi connectivity index (χ2n) is 23.8. The molecule has 0 radical (unpaired) electrons. The highest BCUT2D eigenvalue weighted by Crippen LogP contribution is 2.59. The van der Waals surface area contributed by atoms with Crippen molar-refractivity contribution in [2.75, 3.05) is 0 Å². The van der Waals surface area contributed by atoms with E-state index in [1.54, 1.807) is 0 Å². The lowest BCUT2D eigenvalue weighted by Gasteiger charge is -2.33. The Morgan fingerprint density at radius 1 is 0.300 bits per heavy atom. The Labute approximate surface area is 522 Å².